The molecule has 0 aromatic carbocycles. The van der Waals surface area contributed by atoms with Crippen LogP contribution in [0.2, 0.25) is 0 Å². The highest BCUT2D eigenvalue weighted by Gasteiger charge is 2.04. The van der Waals surface area contributed by atoms with Crippen LogP contribution in [0.25, 0.3) is 0 Å². The van der Waals surface area contributed by atoms with Gasteiger partial charge in [0.2, 0.25) is 0 Å². The molecule has 0 nitrogen and oxygen atoms in total. The Hall–Kier alpha value is 0.780. The molecule has 3 atom stereocenters. The van der Waals surface area contributed by atoms with Crippen LogP contribution in [0.5, 0.6) is 0 Å². The fraction of sp³-hybridized carbons (Fsp3) is 1.00. The molecule has 0 aromatic heterocycles. The van der Waals surface area contributed by atoms with Gasteiger partial charge in [-0.05, 0) is 42.3 Å². The second-order valence-corrected chi connectivity index (χ2v) is 7.14. The van der Waals surface area contributed by atoms with Crippen LogP contribution >= 0.6 is 21.0 Å². The lowest BCUT2D eigenvalue weighted by molar-refractivity contribution is 0.472. The van der Waals surface area contributed by atoms with Crippen molar-refractivity contribution in [1.82, 2.24) is 0 Å². The van der Waals surface area contributed by atoms with Gasteiger partial charge >= 0.3 is 0 Å². The van der Waals surface area contributed by atoms with Crippen molar-refractivity contribution in [2.24, 2.45) is 5.92 Å². The maximum absolute atomic E-state index is 2.90. The number of hydrogen-bond donors (Lipinski definition) is 0. The molecule has 0 aromatic rings. The predicted molar refractivity (Wildman–Crippen MR) is 79.0 cm³/mol. The number of thioether (sulfide) groups is 1. The molecule has 0 aliphatic rings. The molecule has 0 amide bonds. The van der Waals surface area contributed by atoms with Gasteiger partial charge < -0.3 is 0 Å². The molecule has 0 fully saturated rings. The van der Waals surface area contributed by atoms with Crippen molar-refractivity contribution in [3.8, 4) is 0 Å². The van der Waals surface area contributed by atoms with Gasteiger partial charge in [-0.15, -0.1) is 9.24 Å². The molecule has 15 heavy (non-hydrogen) atoms. The average molecular weight is 248 g/mol. The van der Waals surface area contributed by atoms with E-state index < -0.39 is 0 Å². The van der Waals surface area contributed by atoms with Crippen LogP contribution in [0.3, 0.4) is 0 Å². The average Bonchev–Trinajstić information content (AvgIpc) is 2.15. The fourth-order valence-corrected chi connectivity index (χ4v) is 3.37. The van der Waals surface area contributed by atoms with Gasteiger partial charge in [0.1, 0.15) is 0 Å². The van der Waals surface area contributed by atoms with Gasteiger partial charge in [0.25, 0.3) is 0 Å². The molecule has 0 saturated carbocycles. The zero-order valence-corrected chi connectivity index (χ0v) is 12.8. The lowest BCUT2D eigenvalue weighted by atomic mass is 9.99. The smallest absolute Gasteiger partial charge is 0.00675 e. The van der Waals surface area contributed by atoms with Crippen molar-refractivity contribution in [2.75, 3.05) is 11.5 Å². The van der Waals surface area contributed by atoms with Crippen LogP contribution in [0.4, 0.5) is 0 Å². The predicted octanol–water partition coefficient (Wildman–Crippen LogP) is 4.98. The molecule has 3 unspecified atom stereocenters. The lowest BCUT2D eigenvalue weighted by Gasteiger charge is -2.13. The highest BCUT2D eigenvalue weighted by molar-refractivity contribution is 7.99. The van der Waals surface area contributed by atoms with Crippen molar-refractivity contribution in [1.29, 1.82) is 0 Å². The summed E-state index contributed by atoms with van der Waals surface area (Å²) in [5.41, 5.74) is 0.791. The summed E-state index contributed by atoms with van der Waals surface area (Å²) in [5, 5.41) is 0. The topological polar surface area (TPSA) is 0 Å². The van der Waals surface area contributed by atoms with Gasteiger partial charge in [0, 0.05) is 0 Å². The van der Waals surface area contributed by atoms with E-state index in [0.717, 1.165) is 11.6 Å². The third-order valence-corrected chi connectivity index (χ3v) is 4.08. The van der Waals surface area contributed by atoms with Crippen LogP contribution in [0.1, 0.15) is 59.3 Å². The molecule has 2 heteroatoms. The van der Waals surface area contributed by atoms with E-state index in [2.05, 4.69) is 41.8 Å². The summed E-state index contributed by atoms with van der Waals surface area (Å²) in [5.74, 6) is 3.66. The third-order valence-electron chi connectivity index (χ3n) is 2.65. The van der Waals surface area contributed by atoms with Gasteiger partial charge in [-0.2, -0.15) is 11.8 Å². The largest absolute Gasteiger partial charge is 0.162 e. The maximum atomic E-state index is 2.90. The van der Waals surface area contributed by atoms with Gasteiger partial charge in [0.05, 0.1) is 0 Å². The van der Waals surface area contributed by atoms with Gasteiger partial charge in [0.15, 0.2) is 0 Å². The normalized spacial score (nSPS) is 15.2. The van der Waals surface area contributed by atoms with E-state index in [1.54, 1.807) is 0 Å². The van der Waals surface area contributed by atoms with E-state index in [4.69, 9.17) is 0 Å². The Morgan fingerprint density at radius 2 is 1.73 bits per heavy atom. The van der Waals surface area contributed by atoms with E-state index in [1.165, 1.54) is 50.0 Å². The van der Waals surface area contributed by atoms with Gasteiger partial charge in [-0.1, -0.05) is 40.0 Å². The Morgan fingerprint density at radius 1 is 1.07 bits per heavy atom. The van der Waals surface area contributed by atoms with E-state index in [-0.39, 0.29) is 0 Å². The van der Waals surface area contributed by atoms with Crippen LogP contribution in [0, 0.1) is 5.92 Å². The summed E-state index contributed by atoms with van der Waals surface area (Å²) < 4.78 is 0. The number of rotatable bonds is 10. The summed E-state index contributed by atoms with van der Waals surface area (Å²) >= 11 is 2.14. The zero-order valence-electron chi connectivity index (χ0n) is 10.8. The Balaban J connectivity index is 3.09. The first-order valence-corrected chi connectivity index (χ1v) is 8.32. The van der Waals surface area contributed by atoms with Crippen LogP contribution in [-0.4, -0.2) is 17.2 Å². The standard InChI is InChI=1S/C13H29PS/c1-4-5-9-15-10-7-6-8-12(2)11-13(3)14/h12-13H,4-11,14H2,1-3H3. The summed E-state index contributed by atoms with van der Waals surface area (Å²) in [6, 6.07) is 0. The highest BCUT2D eigenvalue weighted by atomic mass is 32.2. The molecule has 0 N–H and O–H groups in total. The molecular formula is C13H29PS. The maximum Gasteiger partial charge on any atom is -0.00675 e. The Kier molecular flexibility index (Phi) is 11.9. The molecular weight excluding hydrogens is 219 g/mol. The molecule has 92 valence electrons. The van der Waals surface area contributed by atoms with Crippen molar-refractivity contribution in [2.45, 2.75) is 65.0 Å². The van der Waals surface area contributed by atoms with Crippen molar-refractivity contribution < 1.29 is 0 Å². The summed E-state index contributed by atoms with van der Waals surface area (Å²) in [6.45, 7) is 6.96. The number of hydrogen-bond acceptors (Lipinski definition) is 1. The molecule has 0 spiro atoms. The fourth-order valence-electron chi connectivity index (χ4n) is 1.80. The first-order chi connectivity index (χ1) is 7.16. The summed E-state index contributed by atoms with van der Waals surface area (Å²) in [7, 11) is 2.90. The molecule has 0 aliphatic heterocycles. The highest BCUT2D eigenvalue weighted by Crippen LogP contribution is 2.19. The number of unbranched alkanes of at least 4 members (excludes halogenated alkanes) is 2. The minimum Gasteiger partial charge on any atom is -0.162 e. The third kappa shape index (κ3) is 12.7. The SMILES string of the molecule is CCCCSCCCCC(C)CC(C)P. The second-order valence-electron chi connectivity index (χ2n) is 4.78. The van der Waals surface area contributed by atoms with Crippen LogP contribution in [-0.2, 0) is 0 Å². The van der Waals surface area contributed by atoms with E-state index in [9.17, 15) is 0 Å². The quantitative estimate of drug-likeness (QED) is 0.388. The van der Waals surface area contributed by atoms with Crippen LogP contribution in [0.15, 0.2) is 0 Å². The van der Waals surface area contributed by atoms with Gasteiger partial charge in [-0.3, -0.25) is 0 Å². The molecule has 0 saturated heterocycles. The van der Waals surface area contributed by atoms with Crippen molar-refractivity contribution in [3.05, 3.63) is 0 Å². The molecule has 0 radical (unpaired) electrons. The second kappa shape index (κ2) is 11.3. The van der Waals surface area contributed by atoms with Gasteiger partial charge in [-0.25, -0.2) is 0 Å². The summed E-state index contributed by atoms with van der Waals surface area (Å²) in [6.07, 6.45) is 8.38. The van der Waals surface area contributed by atoms with E-state index in [1.807, 2.05) is 0 Å². The molecule has 0 bridgehead atoms. The monoisotopic (exact) mass is 248 g/mol. The summed E-state index contributed by atoms with van der Waals surface area (Å²) in [4.78, 5) is 0. The Morgan fingerprint density at radius 3 is 2.33 bits per heavy atom. The molecule has 0 aliphatic carbocycles. The first kappa shape index (κ1) is 15.8. The molecule has 0 heterocycles. The minimum atomic E-state index is 0.791. The Bertz CT molecular complexity index is 126. The first-order valence-electron chi connectivity index (χ1n) is 6.50. The van der Waals surface area contributed by atoms with Crippen molar-refractivity contribution in [3.63, 3.8) is 0 Å². The van der Waals surface area contributed by atoms with E-state index in [0.29, 0.717) is 0 Å². The zero-order chi connectivity index (χ0) is 11.5. The molecule has 0 rings (SSSR count). The van der Waals surface area contributed by atoms with E-state index >= 15 is 0 Å². The minimum absolute atomic E-state index is 0.791. The Labute approximate surface area is 104 Å². The van der Waals surface area contributed by atoms with Crippen molar-refractivity contribution >= 4 is 21.0 Å². The lowest BCUT2D eigenvalue weighted by Crippen LogP contribution is -2.01. The van der Waals surface area contributed by atoms with Crippen LogP contribution < -0.4 is 0 Å².